The molecular weight excluding hydrogens is 330 g/mol. The fraction of sp³-hybridized carbons (Fsp3) is 0.238. The van der Waals surface area contributed by atoms with Crippen LogP contribution in [0.3, 0.4) is 0 Å². The van der Waals surface area contributed by atoms with Gasteiger partial charge in [0, 0.05) is 17.1 Å². The summed E-state index contributed by atoms with van der Waals surface area (Å²) in [5.74, 6) is 0.361. The van der Waals surface area contributed by atoms with Gasteiger partial charge in [0.05, 0.1) is 0 Å². The van der Waals surface area contributed by atoms with Crippen molar-refractivity contribution >= 4 is 22.6 Å². The molecule has 3 aromatic rings. The van der Waals surface area contributed by atoms with Crippen LogP contribution in [-0.2, 0) is 4.79 Å². The van der Waals surface area contributed by atoms with Gasteiger partial charge in [-0.3, -0.25) is 4.79 Å². The van der Waals surface area contributed by atoms with Crippen LogP contribution < -0.4 is 15.7 Å². The van der Waals surface area contributed by atoms with Crippen LogP contribution in [0.15, 0.2) is 57.7 Å². The lowest BCUT2D eigenvalue weighted by atomic mass is 10.0. The van der Waals surface area contributed by atoms with Crippen LogP contribution in [0.5, 0.6) is 5.75 Å². The van der Waals surface area contributed by atoms with Gasteiger partial charge in [-0.25, -0.2) is 4.79 Å². The van der Waals surface area contributed by atoms with Gasteiger partial charge in [-0.1, -0.05) is 18.2 Å². The van der Waals surface area contributed by atoms with Crippen molar-refractivity contribution < 1.29 is 13.9 Å². The van der Waals surface area contributed by atoms with Gasteiger partial charge in [0.25, 0.3) is 5.91 Å². The molecule has 0 aliphatic carbocycles. The minimum absolute atomic E-state index is 0.265. The molecule has 5 nitrogen and oxygen atoms in total. The lowest BCUT2D eigenvalue weighted by Crippen LogP contribution is -2.42. The van der Waals surface area contributed by atoms with E-state index in [1.807, 2.05) is 50.2 Å². The van der Waals surface area contributed by atoms with E-state index < -0.39 is 5.60 Å². The van der Waals surface area contributed by atoms with Gasteiger partial charge in [-0.05, 0) is 63.1 Å². The van der Waals surface area contributed by atoms with E-state index in [2.05, 4.69) is 5.32 Å². The minimum atomic E-state index is -1.05. The number of amides is 1. The molecule has 0 bridgehead atoms. The first-order valence-corrected chi connectivity index (χ1v) is 8.37. The summed E-state index contributed by atoms with van der Waals surface area (Å²) in [6.45, 7) is 7.12. The van der Waals surface area contributed by atoms with E-state index in [4.69, 9.17) is 9.15 Å². The summed E-state index contributed by atoms with van der Waals surface area (Å²) in [6.07, 6.45) is 0. The highest BCUT2D eigenvalue weighted by Crippen LogP contribution is 2.26. The number of rotatable bonds is 4. The maximum absolute atomic E-state index is 12.8. The third-order valence-corrected chi connectivity index (χ3v) is 4.21. The van der Waals surface area contributed by atoms with E-state index in [0.717, 1.165) is 16.5 Å². The Hall–Kier alpha value is -3.08. The van der Waals surface area contributed by atoms with E-state index in [-0.39, 0.29) is 11.5 Å². The zero-order valence-corrected chi connectivity index (χ0v) is 15.3. The quantitative estimate of drug-likeness (QED) is 0.715. The minimum Gasteiger partial charge on any atom is -0.478 e. The first kappa shape index (κ1) is 17.7. The lowest BCUT2D eigenvalue weighted by molar-refractivity contribution is -0.128. The first-order chi connectivity index (χ1) is 12.3. The summed E-state index contributed by atoms with van der Waals surface area (Å²) in [4.78, 5) is 24.3. The summed E-state index contributed by atoms with van der Waals surface area (Å²) in [5, 5.41) is 3.71. The van der Waals surface area contributed by atoms with Crippen molar-refractivity contribution in [2.45, 2.75) is 33.3 Å². The maximum Gasteiger partial charge on any atom is 0.336 e. The van der Waals surface area contributed by atoms with E-state index in [9.17, 15) is 9.59 Å². The molecule has 0 saturated carbocycles. The molecule has 134 valence electrons. The second-order valence-electron chi connectivity index (χ2n) is 6.79. The van der Waals surface area contributed by atoms with Crippen LogP contribution in [0.4, 0.5) is 5.69 Å². The fourth-order valence-electron chi connectivity index (χ4n) is 2.70. The number of ether oxygens (including phenoxy) is 1. The van der Waals surface area contributed by atoms with Crippen LogP contribution in [-0.4, -0.2) is 11.5 Å². The van der Waals surface area contributed by atoms with Gasteiger partial charge >= 0.3 is 5.63 Å². The smallest absolute Gasteiger partial charge is 0.336 e. The van der Waals surface area contributed by atoms with Crippen molar-refractivity contribution in [1.82, 2.24) is 0 Å². The van der Waals surface area contributed by atoms with Crippen LogP contribution in [0.1, 0.15) is 25.0 Å². The number of hydrogen-bond donors (Lipinski definition) is 1. The van der Waals surface area contributed by atoms with E-state index in [1.54, 1.807) is 19.9 Å². The number of hydrogen-bond acceptors (Lipinski definition) is 4. The molecule has 0 atom stereocenters. The van der Waals surface area contributed by atoms with Crippen molar-refractivity contribution in [1.29, 1.82) is 0 Å². The molecule has 0 fully saturated rings. The van der Waals surface area contributed by atoms with Crippen molar-refractivity contribution in [3.63, 3.8) is 0 Å². The highest BCUT2D eigenvalue weighted by atomic mass is 16.5. The Labute approximate surface area is 151 Å². The number of carbonyl (C=O) groups excluding carboxylic acids is 1. The Morgan fingerprint density at radius 2 is 1.73 bits per heavy atom. The second-order valence-corrected chi connectivity index (χ2v) is 6.79. The number of carbonyl (C=O) groups is 1. The fourth-order valence-corrected chi connectivity index (χ4v) is 2.70. The molecule has 0 saturated heterocycles. The number of aryl methyl sites for hydroxylation is 2. The Morgan fingerprint density at radius 3 is 2.42 bits per heavy atom. The third-order valence-electron chi connectivity index (χ3n) is 4.21. The molecule has 3 rings (SSSR count). The molecule has 26 heavy (non-hydrogen) atoms. The molecule has 5 heteroatoms. The van der Waals surface area contributed by atoms with E-state index in [0.29, 0.717) is 17.0 Å². The molecule has 1 heterocycles. The Morgan fingerprint density at radius 1 is 1.04 bits per heavy atom. The number of fused-ring (bicyclic) bond motifs is 1. The molecule has 0 aliphatic rings. The summed E-state index contributed by atoms with van der Waals surface area (Å²) < 4.78 is 11.1. The molecular formula is C21H21NO4. The largest absolute Gasteiger partial charge is 0.478 e. The SMILES string of the molecule is Cc1cc2oc(=O)cc(C)c2cc1NC(=O)C(C)(C)Oc1ccccc1. The number of para-hydroxylation sites is 1. The van der Waals surface area contributed by atoms with Crippen LogP contribution in [0.25, 0.3) is 11.0 Å². The van der Waals surface area contributed by atoms with Crippen molar-refractivity contribution in [3.8, 4) is 5.75 Å². The third kappa shape index (κ3) is 3.61. The van der Waals surface area contributed by atoms with Gasteiger partial charge in [-0.2, -0.15) is 0 Å². The predicted octanol–water partition coefficient (Wildman–Crippen LogP) is 4.21. The Kier molecular flexibility index (Phi) is 4.55. The van der Waals surface area contributed by atoms with Crippen molar-refractivity contribution in [2.24, 2.45) is 0 Å². The number of anilines is 1. The molecule has 1 aromatic heterocycles. The number of benzene rings is 2. The molecule has 0 unspecified atom stereocenters. The van der Waals surface area contributed by atoms with Gasteiger partial charge in [0.15, 0.2) is 5.60 Å². The summed E-state index contributed by atoms with van der Waals surface area (Å²) in [5.41, 5.74) is 1.32. The van der Waals surface area contributed by atoms with E-state index in [1.165, 1.54) is 6.07 Å². The summed E-state index contributed by atoms with van der Waals surface area (Å²) >= 11 is 0. The number of nitrogens with one attached hydrogen (secondary N) is 1. The average Bonchev–Trinajstić information content (AvgIpc) is 2.56. The van der Waals surface area contributed by atoms with Gasteiger partial charge in [0.1, 0.15) is 11.3 Å². The normalized spacial score (nSPS) is 11.4. The van der Waals surface area contributed by atoms with Gasteiger partial charge in [-0.15, -0.1) is 0 Å². The summed E-state index contributed by atoms with van der Waals surface area (Å²) in [7, 11) is 0. The highest BCUT2D eigenvalue weighted by molar-refractivity contribution is 5.99. The zero-order chi connectivity index (χ0) is 18.9. The van der Waals surface area contributed by atoms with Crippen LogP contribution >= 0.6 is 0 Å². The standard InChI is InChI=1S/C21H21NO4/c1-13-11-19(23)25-18-10-14(2)17(12-16(13)18)22-20(24)21(3,4)26-15-8-6-5-7-9-15/h5-12H,1-4H3,(H,22,24). The van der Waals surface area contributed by atoms with Crippen molar-refractivity contribution in [3.05, 3.63) is 70.1 Å². The molecule has 1 amide bonds. The first-order valence-electron chi connectivity index (χ1n) is 8.37. The van der Waals surface area contributed by atoms with Gasteiger partial charge in [0.2, 0.25) is 0 Å². The second kappa shape index (κ2) is 6.67. The van der Waals surface area contributed by atoms with E-state index >= 15 is 0 Å². The topological polar surface area (TPSA) is 68.5 Å². The van der Waals surface area contributed by atoms with Crippen LogP contribution in [0, 0.1) is 13.8 Å². The predicted molar refractivity (Wildman–Crippen MR) is 102 cm³/mol. The Balaban J connectivity index is 1.89. The molecule has 0 radical (unpaired) electrons. The highest BCUT2D eigenvalue weighted by Gasteiger charge is 2.30. The zero-order valence-electron chi connectivity index (χ0n) is 15.3. The molecule has 0 aliphatic heterocycles. The average molecular weight is 351 g/mol. The van der Waals surface area contributed by atoms with Gasteiger partial charge < -0.3 is 14.5 Å². The maximum atomic E-state index is 12.8. The lowest BCUT2D eigenvalue weighted by Gasteiger charge is -2.25. The van der Waals surface area contributed by atoms with Crippen LogP contribution in [0.2, 0.25) is 0 Å². The Bertz CT molecular complexity index is 1020. The summed E-state index contributed by atoms with van der Waals surface area (Å²) in [6, 6.07) is 14.2. The molecule has 0 spiro atoms. The monoisotopic (exact) mass is 351 g/mol. The van der Waals surface area contributed by atoms with Crippen molar-refractivity contribution in [2.75, 3.05) is 5.32 Å². The molecule has 1 N–H and O–H groups in total. The molecule has 2 aromatic carbocycles.